The molecule has 1 aliphatic heterocycles. The third kappa shape index (κ3) is 3.27. The molecule has 1 aromatic rings. The Labute approximate surface area is 126 Å². The van der Waals surface area contributed by atoms with Gasteiger partial charge in [0.15, 0.2) is 0 Å². The molecule has 0 radical (unpaired) electrons. The lowest BCUT2D eigenvalue weighted by Gasteiger charge is -2.36. The number of nitrogens with two attached hydrogens (primary N) is 1. The molecule has 21 heavy (non-hydrogen) atoms. The van der Waals surface area contributed by atoms with Crippen molar-refractivity contribution >= 4 is 10.0 Å². The summed E-state index contributed by atoms with van der Waals surface area (Å²) in [5.74, 6) is -0.420. The molecule has 1 saturated heterocycles. The van der Waals surface area contributed by atoms with Crippen molar-refractivity contribution in [3.63, 3.8) is 0 Å². The van der Waals surface area contributed by atoms with Crippen LogP contribution in [0.15, 0.2) is 17.0 Å². The van der Waals surface area contributed by atoms with E-state index < -0.39 is 15.8 Å². The van der Waals surface area contributed by atoms with Crippen LogP contribution in [0.4, 0.5) is 4.39 Å². The van der Waals surface area contributed by atoms with Gasteiger partial charge in [0.1, 0.15) is 5.82 Å². The van der Waals surface area contributed by atoms with Gasteiger partial charge in [0.25, 0.3) is 0 Å². The quantitative estimate of drug-likeness (QED) is 0.932. The second-order valence-corrected chi connectivity index (χ2v) is 8.42. The first-order valence-corrected chi connectivity index (χ1v) is 8.61. The van der Waals surface area contributed by atoms with E-state index in [9.17, 15) is 12.8 Å². The molecule has 1 fully saturated rings. The van der Waals surface area contributed by atoms with Crippen LogP contribution in [0.25, 0.3) is 0 Å². The monoisotopic (exact) mass is 314 g/mol. The lowest BCUT2D eigenvalue weighted by Crippen LogP contribution is -2.41. The first kappa shape index (κ1) is 16.4. The van der Waals surface area contributed by atoms with E-state index in [0.717, 1.165) is 12.8 Å². The Morgan fingerprint density at radius 2 is 1.86 bits per heavy atom. The van der Waals surface area contributed by atoms with Gasteiger partial charge >= 0.3 is 0 Å². The molecular formula is C15H23FN2O2S. The molecule has 0 bridgehead atoms. The number of hydrogen-bond acceptors (Lipinski definition) is 3. The van der Waals surface area contributed by atoms with Gasteiger partial charge in [-0.3, -0.25) is 0 Å². The second kappa shape index (κ2) is 5.66. The molecule has 2 rings (SSSR count). The topological polar surface area (TPSA) is 63.4 Å². The normalized spacial score (nSPS) is 19.7. The molecule has 0 atom stereocenters. The lowest BCUT2D eigenvalue weighted by molar-refractivity contribution is 0.196. The average molecular weight is 314 g/mol. The van der Waals surface area contributed by atoms with Crippen molar-refractivity contribution < 1.29 is 12.8 Å². The van der Waals surface area contributed by atoms with Crippen LogP contribution in [0.1, 0.15) is 37.8 Å². The smallest absolute Gasteiger partial charge is 0.243 e. The minimum absolute atomic E-state index is 0.0108. The van der Waals surface area contributed by atoms with E-state index in [1.807, 2.05) is 0 Å². The van der Waals surface area contributed by atoms with E-state index in [0.29, 0.717) is 18.7 Å². The minimum Gasteiger partial charge on any atom is -0.326 e. The largest absolute Gasteiger partial charge is 0.326 e. The van der Waals surface area contributed by atoms with Gasteiger partial charge in [0, 0.05) is 25.2 Å². The third-order valence-corrected chi connectivity index (χ3v) is 6.11. The van der Waals surface area contributed by atoms with Crippen LogP contribution in [0, 0.1) is 18.2 Å². The van der Waals surface area contributed by atoms with Gasteiger partial charge in [-0.05, 0) is 42.9 Å². The summed E-state index contributed by atoms with van der Waals surface area (Å²) in [5, 5.41) is 0. The molecule has 6 heteroatoms. The number of benzene rings is 1. The molecule has 1 aliphatic rings. The van der Waals surface area contributed by atoms with Crippen molar-refractivity contribution in [2.75, 3.05) is 13.1 Å². The highest BCUT2D eigenvalue weighted by atomic mass is 32.2. The SMILES string of the molecule is Cc1cc(S(=O)(=O)N2CCC(C)(C)CC2)cc(CN)c1F. The van der Waals surface area contributed by atoms with Gasteiger partial charge in [0.05, 0.1) is 4.90 Å². The predicted molar refractivity (Wildman–Crippen MR) is 80.8 cm³/mol. The Bertz CT molecular complexity index is 631. The molecule has 0 saturated carbocycles. The van der Waals surface area contributed by atoms with Crippen LogP contribution >= 0.6 is 0 Å². The number of halogens is 1. The van der Waals surface area contributed by atoms with Crippen molar-refractivity contribution in [3.05, 3.63) is 29.1 Å². The number of sulfonamides is 1. The zero-order valence-corrected chi connectivity index (χ0v) is 13.6. The van der Waals surface area contributed by atoms with Crippen molar-refractivity contribution in [2.45, 2.75) is 45.1 Å². The summed E-state index contributed by atoms with van der Waals surface area (Å²) < 4.78 is 40.7. The summed E-state index contributed by atoms with van der Waals surface area (Å²) in [4.78, 5) is 0.140. The van der Waals surface area contributed by atoms with E-state index >= 15 is 0 Å². The molecule has 0 aliphatic carbocycles. The van der Waals surface area contributed by atoms with Crippen LogP contribution in [-0.2, 0) is 16.6 Å². The van der Waals surface area contributed by atoms with Gasteiger partial charge in [-0.25, -0.2) is 12.8 Å². The van der Waals surface area contributed by atoms with Crippen LogP contribution < -0.4 is 5.73 Å². The molecule has 0 unspecified atom stereocenters. The number of nitrogens with zero attached hydrogens (tertiary/aromatic N) is 1. The Hall–Kier alpha value is -0.980. The van der Waals surface area contributed by atoms with E-state index in [2.05, 4.69) is 13.8 Å². The Kier molecular flexibility index (Phi) is 4.42. The lowest BCUT2D eigenvalue weighted by atomic mass is 9.83. The van der Waals surface area contributed by atoms with Crippen molar-refractivity contribution in [3.8, 4) is 0 Å². The van der Waals surface area contributed by atoms with E-state index in [1.165, 1.54) is 16.4 Å². The molecule has 2 N–H and O–H groups in total. The first-order valence-electron chi connectivity index (χ1n) is 7.17. The predicted octanol–water partition coefficient (Wildman–Crippen LogP) is 2.40. The fourth-order valence-electron chi connectivity index (χ4n) is 2.59. The van der Waals surface area contributed by atoms with Gasteiger partial charge in [-0.15, -0.1) is 0 Å². The van der Waals surface area contributed by atoms with Crippen LogP contribution in [0.5, 0.6) is 0 Å². The fraction of sp³-hybridized carbons (Fsp3) is 0.600. The molecule has 0 amide bonds. The van der Waals surface area contributed by atoms with Crippen LogP contribution in [-0.4, -0.2) is 25.8 Å². The first-order chi connectivity index (χ1) is 9.67. The zero-order valence-electron chi connectivity index (χ0n) is 12.8. The zero-order chi connectivity index (χ0) is 15.8. The summed E-state index contributed by atoms with van der Waals surface area (Å²) in [5.41, 5.74) is 6.23. The Morgan fingerprint density at radius 3 is 2.38 bits per heavy atom. The fourth-order valence-corrected chi connectivity index (χ4v) is 4.16. The van der Waals surface area contributed by atoms with Crippen molar-refractivity contribution in [2.24, 2.45) is 11.1 Å². The maximum Gasteiger partial charge on any atom is 0.243 e. The van der Waals surface area contributed by atoms with Gasteiger partial charge < -0.3 is 5.73 Å². The number of piperidine rings is 1. The summed E-state index contributed by atoms with van der Waals surface area (Å²) in [6.45, 7) is 6.85. The van der Waals surface area contributed by atoms with E-state index in [-0.39, 0.29) is 22.4 Å². The Balaban J connectivity index is 2.35. The number of aryl methyl sites for hydroxylation is 1. The molecule has 4 nitrogen and oxygen atoms in total. The third-order valence-electron chi connectivity index (χ3n) is 4.24. The highest BCUT2D eigenvalue weighted by Crippen LogP contribution is 2.32. The van der Waals surface area contributed by atoms with Crippen molar-refractivity contribution in [1.82, 2.24) is 4.31 Å². The summed E-state index contributed by atoms with van der Waals surface area (Å²) in [6, 6.07) is 2.75. The van der Waals surface area contributed by atoms with E-state index in [1.54, 1.807) is 6.92 Å². The van der Waals surface area contributed by atoms with Gasteiger partial charge in [0.2, 0.25) is 10.0 Å². The maximum atomic E-state index is 13.8. The molecule has 1 aromatic carbocycles. The minimum atomic E-state index is -3.57. The van der Waals surface area contributed by atoms with Gasteiger partial charge in [-0.2, -0.15) is 4.31 Å². The number of hydrogen-bond donors (Lipinski definition) is 1. The highest BCUT2D eigenvalue weighted by Gasteiger charge is 2.33. The molecule has 0 aromatic heterocycles. The van der Waals surface area contributed by atoms with Gasteiger partial charge in [-0.1, -0.05) is 13.8 Å². The summed E-state index contributed by atoms with van der Waals surface area (Å²) >= 11 is 0. The second-order valence-electron chi connectivity index (χ2n) is 6.49. The van der Waals surface area contributed by atoms with Crippen LogP contribution in [0.2, 0.25) is 0 Å². The summed E-state index contributed by atoms with van der Waals surface area (Å²) in [7, 11) is -3.57. The summed E-state index contributed by atoms with van der Waals surface area (Å²) in [6.07, 6.45) is 1.66. The highest BCUT2D eigenvalue weighted by molar-refractivity contribution is 7.89. The maximum absolute atomic E-state index is 13.8. The standard InChI is InChI=1S/C15H23FN2O2S/c1-11-8-13(9-12(10-17)14(11)16)21(19,20)18-6-4-15(2,3)5-7-18/h8-9H,4-7,10,17H2,1-3H3. The van der Waals surface area contributed by atoms with Crippen molar-refractivity contribution in [1.29, 1.82) is 0 Å². The van der Waals surface area contributed by atoms with E-state index in [4.69, 9.17) is 5.73 Å². The average Bonchev–Trinajstić information content (AvgIpc) is 2.41. The Morgan fingerprint density at radius 1 is 1.29 bits per heavy atom. The molecular weight excluding hydrogens is 291 g/mol. The van der Waals surface area contributed by atoms with Crippen LogP contribution in [0.3, 0.4) is 0 Å². The molecule has 118 valence electrons. The molecule has 0 spiro atoms. The molecule has 1 heterocycles. The number of rotatable bonds is 3.